The fourth-order valence-corrected chi connectivity index (χ4v) is 1.50. The number of aromatic nitrogens is 2. The lowest BCUT2D eigenvalue weighted by atomic mass is 10.1. The summed E-state index contributed by atoms with van der Waals surface area (Å²) in [6, 6.07) is 7.70. The molecule has 0 atom stereocenters. The van der Waals surface area contributed by atoms with Crippen LogP contribution < -0.4 is 10.5 Å². The molecule has 2 rings (SSSR count). The van der Waals surface area contributed by atoms with Crippen LogP contribution in [0.5, 0.6) is 5.75 Å². The first kappa shape index (κ1) is 11.4. The van der Waals surface area contributed by atoms with Gasteiger partial charge in [-0.05, 0) is 30.7 Å². The zero-order chi connectivity index (χ0) is 12.1. The molecule has 0 aliphatic carbocycles. The van der Waals surface area contributed by atoms with Gasteiger partial charge in [0, 0.05) is 18.0 Å². The van der Waals surface area contributed by atoms with Crippen molar-refractivity contribution in [3.05, 3.63) is 36.7 Å². The molecule has 17 heavy (non-hydrogen) atoms. The van der Waals surface area contributed by atoms with Gasteiger partial charge in [0.1, 0.15) is 17.3 Å². The van der Waals surface area contributed by atoms with Crippen LogP contribution in [0.3, 0.4) is 0 Å². The van der Waals surface area contributed by atoms with Gasteiger partial charge >= 0.3 is 0 Å². The maximum atomic E-state index is 5.77. The van der Waals surface area contributed by atoms with E-state index in [0.29, 0.717) is 11.5 Å². The molecule has 0 saturated heterocycles. The monoisotopic (exact) mass is 229 g/mol. The Bertz CT molecular complexity index is 482. The number of hydrogen-bond acceptors (Lipinski definition) is 4. The topological polar surface area (TPSA) is 61.0 Å². The van der Waals surface area contributed by atoms with Gasteiger partial charge in [-0.25, -0.2) is 4.98 Å². The molecule has 0 aliphatic heterocycles. The van der Waals surface area contributed by atoms with Crippen molar-refractivity contribution in [2.24, 2.45) is 0 Å². The second-order valence-electron chi connectivity index (χ2n) is 3.66. The Labute approximate surface area is 100 Å². The molecule has 0 fully saturated rings. The Morgan fingerprint density at radius 3 is 2.47 bits per heavy atom. The first-order valence-corrected chi connectivity index (χ1v) is 5.61. The Kier molecular flexibility index (Phi) is 3.55. The highest BCUT2D eigenvalue weighted by Gasteiger charge is 2.04. The van der Waals surface area contributed by atoms with Crippen LogP contribution >= 0.6 is 0 Å². The predicted octanol–water partition coefficient (Wildman–Crippen LogP) is 2.51. The Hall–Kier alpha value is -2.10. The zero-order valence-corrected chi connectivity index (χ0v) is 9.76. The molecule has 1 heterocycles. The smallest absolute Gasteiger partial charge is 0.149 e. The first-order valence-electron chi connectivity index (χ1n) is 5.61. The van der Waals surface area contributed by atoms with Crippen LogP contribution in [0, 0.1) is 0 Å². The van der Waals surface area contributed by atoms with E-state index < -0.39 is 0 Å². The minimum absolute atomic E-state index is 0.440. The first-order chi connectivity index (χ1) is 8.31. The van der Waals surface area contributed by atoms with Crippen LogP contribution in [0.25, 0.3) is 11.3 Å². The van der Waals surface area contributed by atoms with Crippen LogP contribution in [-0.2, 0) is 0 Å². The van der Waals surface area contributed by atoms with E-state index in [1.807, 2.05) is 24.3 Å². The van der Waals surface area contributed by atoms with Crippen molar-refractivity contribution in [2.45, 2.75) is 13.3 Å². The minimum atomic E-state index is 0.440. The molecule has 4 nitrogen and oxygen atoms in total. The SMILES string of the molecule is CCCOc1ccc(-c2nccnc2N)cc1. The number of anilines is 1. The lowest BCUT2D eigenvalue weighted by molar-refractivity contribution is 0.317. The van der Waals surface area contributed by atoms with Crippen molar-refractivity contribution >= 4 is 5.82 Å². The number of benzene rings is 1. The Morgan fingerprint density at radius 1 is 1.12 bits per heavy atom. The summed E-state index contributed by atoms with van der Waals surface area (Å²) in [5, 5.41) is 0. The van der Waals surface area contributed by atoms with Crippen LogP contribution in [0.2, 0.25) is 0 Å². The van der Waals surface area contributed by atoms with E-state index in [4.69, 9.17) is 10.5 Å². The van der Waals surface area contributed by atoms with Gasteiger partial charge in [-0.2, -0.15) is 0 Å². The molecule has 0 amide bonds. The van der Waals surface area contributed by atoms with Gasteiger partial charge in [-0.15, -0.1) is 0 Å². The third-order valence-corrected chi connectivity index (χ3v) is 2.33. The molecule has 1 aromatic heterocycles. The fraction of sp³-hybridized carbons (Fsp3) is 0.231. The maximum Gasteiger partial charge on any atom is 0.149 e. The fourth-order valence-electron chi connectivity index (χ4n) is 1.50. The summed E-state index contributed by atoms with van der Waals surface area (Å²) in [6.45, 7) is 2.81. The molecule has 0 spiro atoms. The van der Waals surface area contributed by atoms with Gasteiger partial charge in [0.2, 0.25) is 0 Å². The standard InChI is InChI=1S/C13H15N3O/c1-2-9-17-11-5-3-10(4-6-11)12-13(14)16-8-7-15-12/h3-8H,2,9H2,1H3,(H2,14,16). The van der Waals surface area contributed by atoms with E-state index >= 15 is 0 Å². The molecule has 2 N–H and O–H groups in total. The number of nitrogens with zero attached hydrogens (tertiary/aromatic N) is 2. The number of nitrogens with two attached hydrogens (primary N) is 1. The van der Waals surface area contributed by atoms with E-state index in [2.05, 4.69) is 16.9 Å². The van der Waals surface area contributed by atoms with Gasteiger partial charge < -0.3 is 10.5 Å². The van der Waals surface area contributed by atoms with Gasteiger partial charge in [0.25, 0.3) is 0 Å². The molecule has 0 bridgehead atoms. The second-order valence-corrected chi connectivity index (χ2v) is 3.66. The summed E-state index contributed by atoms with van der Waals surface area (Å²) in [5.41, 5.74) is 7.41. The number of rotatable bonds is 4. The van der Waals surface area contributed by atoms with E-state index in [1.54, 1.807) is 12.4 Å². The number of hydrogen-bond donors (Lipinski definition) is 1. The predicted molar refractivity (Wildman–Crippen MR) is 67.7 cm³/mol. The Balaban J connectivity index is 2.21. The minimum Gasteiger partial charge on any atom is -0.494 e. The van der Waals surface area contributed by atoms with E-state index in [9.17, 15) is 0 Å². The molecule has 1 aromatic carbocycles. The van der Waals surface area contributed by atoms with Gasteiger partial charge in [0.15, 0.2) is 0 Å². The summed E-state index contributed by atoms with van der Waals surface area (Å²) in [4.78, 5) is 8.22. The van der Waals surface area contributed by atoms with E-state index in [1.165, 1.54) is 0 Å². The van der Waals surface area contributed by atoms with Crippen LogP contribution in [0.4, 0.5) is 5.82 Å². The number of nitrogen functional groups attached to an aromatic ring is 1. The summed E-state index contributed by atoms with van der Waals surface area (Å²) >= 11 is 0. The van der Waals surface area contributed by atoms with Crippen molar-refractivity contribution in [2.75, 3.05) is 12.3 Å². The van der Waals surface area contributed by atoms with Crippen molar-refractivity contribution in [1.82, 2.24) is 9.97 Å². The normalized spacial score (nSPS) is 10.2. The summed E-state index contributed by atoms with van der Waals surface area (Å²) in [7, 11) is 0. The molecule has 88 valence electrons. The van der Waals surface area contributed by atoms with Crippen molar-refractivity contribution in [3.8, 4) is 17.0 Å². The zero-order valence-electron chi connectivity index (χ0n) is 9.76. The summed E-state index contributed by atoms with van der Waals surface area (Å²) < 4.78 is 5.51. The highest BCUT2D eigenvalue weighted by molar-refractivity contribution is 5.69. The van der Waals surface area contributed by atoms with Crippen molar-refractivity contribution < 1.29 is 4.74 Å². The van der Waals surface area contributed by atoms with Gasteiger partial charge in [-0.1, -0.05) is 6.92 Å². The molecule has 4 heteroatoms. The molecule has 2 aromatic rings. The summed E-state index contributed by atoms with van der Waals surface area (Å²) in [6.07, 6.45) is 4.21. The van der Waals surface area contributed by atoms with Gasteiger partial charge in [-0.3, -0.25) is 4.98 Å². The van der Waals surface area contributed by atoms with Crippen molar-refractivity contribution in [1.29, 1.82) is 0 Å². The third kappa shape index (κ3) is 2.72. The second kappa shape index (κ2) is 5.30. The van der Waals surface area contributed by atoms with E-state index in [0.717, 1.165) is 24.3 Å². The average molecular weight is 229 g/mol. The highest BCUT2D eigenvalue weighted by Crippen LogP contribution is 2.23. The third-order valence-electron chi connectivity index (χ3n) is 2.33. The molecule has 0 radical (unpaired) electrons. The largest absolute Gasteiger partial charge is 0.494 e. The lowest BCUT2D eigenvalue weighted by Gasteiger charge is -2.06. The van der Waals surface area contributed by atoms with Crippen LogP contribution in [0.1, 0.15) is 13.3 Å². The maximum absolute atomic E-state index is 5.77. The van der Waals surface area contributed by atoms with Crippen molar-refractivity contribution in [3.63, 3.8) is 0 Å². The average Bonchev–Trinajstić information content (AvgIpc) is 2.38. The molecule has 0 aliphatic rings. The molecule has 0 saturated carbocycles. The summed E-state index contributed by atoms with van der Waals surface area (Å²) in [5.74, 6) is 1.30. The van der Waals surface area contributed by atoms with E-state index in [-0.39, 0.29) is 0 Å². The quantitative estimate of drug-likeness (QED) is 0.875. The van der Waals surface area contributed by atoms with Crippen LogP contribution in [0.15, 0.2) is 36.7 Å². The van der Waals surface area contributed by atoms with Crippen LogP contribution in [-0.4, -0.2) is 16.6 Å². The lowest BCUT2D eigenvalue weighted by Crippen LogP contribution is -1.97. The molecular formula is C13H15N3O. The van der Waals surface area contributed by atoms with Gasteiger partial charge in [0.05, 0.1) is 6.61 Å². The Morgan fingerprint density at radius 2 is 1.82 bits per heavy atom. The number of ether oxygens (including phenoxy) is 1. The molecular weight excluding hydrogens is 214 g/mol. The molecule has 0 unspecified atom stereocenters. The highest BCUT2D eigenvalue weighted by atomic mass is 16.5.